The Labute approximate surface area is 147 Å². The van der Waals surface area contributed by atoms with E-state index in [-0.39, 0.29) is 5.02 Å². The predicted molar refractivity (Wildman–Crippen MR) is 98.4 cm³/mol. The Hall–Kier alpha value is -3.12. The number of fused-ring (bicyclic) bond motifs is 1. The average molecular weight is 354 g/mol. The van der Waals surface area contributed by atoms with Crippen LogP contribution >= 0.6 is 11.6 Å². The van der Waals surface area contributed by atoms with Gasteiger partial charge in [0.05, 0.1) is 10.4 Å². The second kappa shape index (κ2) is 6.07. The van der Waals surface area contributed by atoms with Gasteiger partial charge in [-0.2, -0.15) is 0 Å². The molecule has 5 nitrogen and oxygen atoms in total. The van der Waals surface area contributed by atoms with E-state index in [1.165, 1.54) is 18.5 Å². The SMILES string of the molecule is Nc1ccc(-c2cc3c(Nc4ccc(F)c(Cl)c4)ncnc3[nH]2)cc1. The van der Waals surface area contributed by atoms with E-state index in [2.05, 4.69) is 20.3 Å². The summed E-state index contributed by atoms with van der Waals surface area (Å²) in [4.78, 5) is 11.8. The number of hydrogen-bond acceptors (Lipinski definition) is 4. The molecule has 4 rings (SSSR count). The Kier molecular flexibility index (Phi) is 3.74. The number of H-pyrrole nitrogens is 1. The van der Waals surface area contributed by atoms with Crippen LogP contribution in [0.2, 0.25) is 5.02 Å². The van der Waals surface area contributed by atoms with Crippen molar-refractivity contribution in [1.82, 2.24) is 15.0 Å². The van der Waals surface area contributed by atoms with Gasteiger partial charge in [0, 0.05) is 17.1 Å². The maximum absolute atomic E-state index is 13.3. The zero-order chi connectivity index (χ0) is 17.4. The van der Waals surface area contributed by atoms with Crippen LogP contribution in [-0.4, -0.2) is 15.0 Å². The number of rotatable bonds is 3. The summed E-state index contributed by atoms with van der Waals surface area (Å²) >= 11 is 5.83. The molecule has 0 aliphatic rings. The molecule has 124 valence electrons. The Balaban J connectivity index is 1.74. The molecule has 0 atom stereocenters. The summed E-state index contributed by atoms with van der Waals surface area (Å²) < 4.78 is 13.3. The second-order valence-electron chi connectivity index (χ2n) is 5.54. The zero-order valence-electron chi connectivity index (χ0n) is 12.9. The standard InChI is InChI=1S/C18H13ClFN5/c19-14-7-12(5-6-15(14)20)24-17-13-8-16(25-18(13)23-9-22-17)10-1-3-11(21)4-2-10/h1-9H,21H2,(H2,22,23,24,25). The number of nitrogens with two attached hydrogens (primary N) is 1. The van der Waals surface area contributed by atoms with Gasteiger partial charge in [-0.05, 0) is 42.0 Å². The Morgan fingerprint density at radius 1 is 1.04 bits per heavy atom. The fourth-order valence-corrected chi connectivity index (χ4v) is 2.75. The topological polar surface area (TPSA) is 79.6 Å². The molecule has 0 fully saturated rings. The van der Waals surface area contributed by atoms with Crippen molar-refractivity contribution in [3.8, 4) is 11.3 Å². The Morgan fingerprint density at radius 2 is 1.84 bits per heavy atom. The lowest BCUT2D eigenvalue weighted by Crippen LogP contribution is -1.95. The van der Waals surface area contributed by atoms with Gasteiger partial charge >= 0.3 is 0 Å². The normalized spacial score (nSPS) is 11.0. The van der Waals surface area contributed by atoms with Gasteiger partial charge in [-0.25, -0.2) is 14.4 Å². The van der Waals surface area contributed by atoms with Crippen molar-refractivity contribution in [2.24, 2.45) is 0 Å². The molecule has 0 saturated carbocycles. The molecular formula is C18H13ClFN5. The smallest absolute Gasteiger partial charge is 0.143 e. The number of benzene rings is 2. The van der Waals surface area contributed by atoms with Gasteiger partial charge in [-0.3, -0.25) is 0 Å². The van der Waals surface area contributed by atoms with Gasteiger partial charge in [0.2, 0.25) is 0 Å². The van der Waals surface area contributed by atoms with Crippen LogP contribution in [0.15, 0.2) is 54.9 Å². The summed E-state index contributed by atoms with van der Waals surface area (Å²) in [5.74, 6) is 0.137. The summed E-state index contributed by atoms with van der Waals surface area (Å²) in [6.07, 6.45) is 1.46. The first kappa shape index (κ1) is 15.4. The number of hydrogen-bond donors (Lipinski definition) is 3. The molecule has 0 unspecified atom stereocenters. The third-order valence-corrected chi connectivity index (χ3v) is 4.12. The van der Waals surface area contributed by atoms with Crippen LogP contribution in [0.3, 0.4) is 0 Å². The monoisotopic (exact) mass is 353 g/mol. The molecule has 2 aromatic carbocycles. The van der Waals surface area contributed by atoms with E-state index >= 15 is 0 Å². The van der Waals surface area contributed by atoms with Crippen molar-refractivity contribution < 1.29 is 4.39 Å². The number of nitrogens with one attached hydrogen (secondary N) is 2. The molecule has 4 N–H and O–H groups in total. The van der Waals surface area contributed by atoms with E-state index in [0.717, 1.165) is 16.6 Å². The largest absolute Gasteiger partial charge is 0.399 e. The zero-order valence-corrected chi connectivity index (χ0v) is 13.7. The first-order valence-electron chi connectivity index (χ1n) is 7.52. The average Bonchev–Trinajstić information content (AvgIpc) is 3.04. The fraction of sp³-hybridized carbons (Fsp3) is 0. The highest BCUT2D eigenvalue weighted by Crippen LogP contribution is 2.29. The number of nitrogen functional groups attached to an aromatic ring is 1. The third-order valence-electron chi connectivity index (χ3n) is 3.83. The molecule has 2 heterocycles. The van der Waals surface area contributed by atoms with Crippen molar-refractivity contribution in [2.75, 3.05) is 11.1 Å². The van der Waals surface area contributed by atoms with Crippen molar-refractivity contribution in [2.45, 2.75) is 0 Å². The highest BCUT2D eigenvalue weighted by atomic mass is 35.5. The molecule has 0 amide bonds. The summed E-state index contributed by atoms with van der Waals surface area (Å²) in [6.45, 7) is 0. The first-order chi connectivity index (χ1) is 12.1. The minimum Gasteiger partial charge on any atom is -0.399 e. The summed E-state index contributed by atoms with van der Waals surface area (Å²) in [5.41, 5.74) is 9.66. The van der Waals surface area contributed by atoms with E-state index < -0.39 is 5.82 Å². The van der Waals surface area contributed by atoms with Crippen LogP contribution in [-0.2, 0) is 0 Å². The van der Waals surface area contributed by atoms with Crippen LogP contribution in [0, 0.1) is 5.82 Å². The predicted octanol–water partition coefficient (Wildman–Crippen LogP) is 4.74. The molecule has 0 saturated heterocycles. The van der Waals surface area contributed by atoms with E-state index in [1.807, 2.05) is 30.3 Å². The minimum atomic E-state index is -0.465. The van der Waals surface area contributed by atoms with Gasteiger partial charge in [-0.15, -0.1) is 0 Å². The van der Waals surface area contributed by atoms with Crippen molar-refractivity contribution in [3.05, 3.63) is 65.7 Å². The molecule has 0 spiro atoms. The summed E-state index contributed by atoms with van der Waals surface area (Å²) in [7, 11) is 0. The summed E-state index contributed by atoms with van der Waals surface area (Å²) in [5, 5.41) is 4.01. The lowest BCUT2D eigenvalue weighted by molar-refractivity contribution is 0.628. The number of nitrogens with zero attached hydrogens (tertiary/aromatic N) is 2. The van der Waals surface area contributed by atoms with Gasteiger partial charge < -0.3 is 16.0 Å². The van der Waals surface area contributed by atoms with Crippen LogP contribution in [0.4, 0.5) is 21.6 Å². The molecule has 2 aromatic heterocycles. The third kappa shape index (κ3) is 2.99. The van der Waals surface area contributed by atoms with E-state index in [9.17, 15) is 4.39 Å². The highest BCUT2D eigenvalue weighted by Gasteiger charge is 2.10. The van der Waals surface area contributed by atoms with Crippen LogP contribution in [0.5, 0.6) is 0 Å². The van der Waals surface area contributed by atoms with Crippen molar-refractivity contribution in [3.63, 3.8) is 0 Å². The van der Waals surface area contributed by atoms with E-state index in [0.29, 0.717) is 22.8 Å². The van der Waals surface area contributed by atoms with Gasteiger partial charge in [0.25, 0.3) is 0 Å². The Morgan fingerprint density at radius 3 is 2.60 bits per heavy atom. The van der Waals surface area contributed by atoms with E-state index in [4.69, 9.17) is 17.3 Å². The molecule has 0 aliphatic heterocycles. The first-order valence-corrected chi connectivity index (χ1v) is 7.89. The van der Waals surface area contributed by atoms with Crippen LogP contribution in [0.1, 0.15) is 0 Å². The molecule has 25 heavy (non-hydrogen) atoms. The van der Waals surface area contributed by atoms with Crippen LogP contribution in [0.25, 0.3) is 22.3 Å². The molecule has 0 bridgehead atoms. The maximum Gasteiger partial charge on any atom is 0.143 e. The minimum absolute atomic E-state index is 0.0481. The molecule has 0 aliphatic carbocycles. The highest BCUT2D eigenvalue weighted by molar-refractivity contribution is 6.31. The fourth-order valence-electron chi connectivity index (χ4n) is 2.57. The molecular weight excluding hydrogens is 341 g/mol. The second-order valence-corrected chi connectivity index (χ2v) is 5.95. The number of aromatic nitrogens is 3. The molecule has 4 aromatic rings. The van der Waals surface area contributed by atoms with Gasteiger partial charge in [0.1, 0.15) is 23.6 Å². The number of halogens is 2. The number of anilines is 3. The van der Waals surface area contributed by atoms with Crippen molar-refractivity contribution >= 4 is 39.8 Å². The quantitative estimate of drug-likeness (QED) is 0.465. The maximum atomic E-state index is 13.3. The molecule has 7 heteroatoms. The Bertz CT molecular complexity index is 1060. The molecule has 0 radical (unpaired) electrons. The lowest BCUT2D eigenvalue weighted by atomic mass is 10.1. The van der Waals surface area contributed by atoms with E-state index in [1.54, 1.807) is 6.07 Å². The van der Waals surface area contributed by atoms with Crippen molar-refractivity contribution in [1.29, 1.82) is 0 Å². The van der Waals surface area contributed by atoms with Gasteiger partial charge in [-0.1, -0.05) is 23.7 Å². The lowest BCUT2D eigenvalue weighted by Gasteiger charge is -2.06. The number of aromatic amines is 1. The van der Waals surface area contributed by atoms with Gasteiger partial charge in [0.15, 0.2) is 0 Å². The van der Waals surface area contributed by atoms with Crippen LogP contribution < -0.4 is 11.1 Å². The summed E-state index contributed by atoms with van der Waals surface area (Å²) in [6, 6.07) is 13.9.